The van der Waals surface area contributed by atoms with Crippen molar-refractivity contribution in [3.8, 4) is 5.75 Å². The van der Waals surface area contributed by atoms with Crippen LogP contribution in [0.2, 0.25) is 0 Å². The normalized spacial score (nSPS) is 14.4. The van der Waals surface area contributed by atoms with Crippen LogP contribution in [0.25, 0.3) is 0 Å². The second-order valence-electron chi connectivity index (χ2n) is 4.71. The molecule has 1 rings (SSSR count). The second-order valence-corrected chi connectivity index (χ2v) is 4.71. The number of methoxy groups -OCH3 is 1. The summed E-state index contributed by atoms with van der Waals surface area (Å²) in [5.74, 6) is 0.928. The molecule has 1 N–H and O–H groups in total. The first kappa shape index (κ1) is 14.0. The first-order valence-electron chi connectivity index (χ1n) is 6.57. The van der Waals surface area contributed by atoms with Gasteiger partial charge in [-0.3, -0.25) is 0 Å². The van der Waals surface area contributed by atoms with Gasteiger partial charge in [-0.1, -0.05) is 31.9 Å². The Bertz CT molecular complexity index is 324. The largest absolute Gasteiger partial charge is 0.497 e. The quantitative estimate of drug-likeness (QED) is 0.773. The first-order valence-corrected chi connectivity index (χ1v) is 6.57. The van der Waals surface area contributed by atoms with Gasteiger partial charge < -0.3 is 10.1 Å². The van der Waals surface area contributed by atoms with Gasteiger partial charge in [-0.05, 0) is 38.0 Å². The molecule has 96 valence electrons. The van der Waals surface area contributed by atoms with Crippen molar-refractivity contribution in [2.75, 3.05) is 7.11 Å². The Kier molecular flexibility index (Phi) is 6.06. The predicted molar refractivity (Wildman–Crippen MR) is 73.5 cm³/mol. The molecule has 0 heterocycles. The molecule has 0 aliphatic rings. The van der Waals surface area contributed by atoms with Gasteiger partial charge in [0.05, 0.1) is 7.11 Å². The van der Waals surface area contributed by atoms with E-state index in [4.69, 9.17) is 4.74 Å². The number of hydrogen-bond donors (Lipinski definition) is 1. The van der Waals surface area contributed by atoms with Crippen molar-refractivity contribution in [3.63, 3.8) is 0 Å². The van der Waals surface area contributed by atoms with Crippen molar-refractivity contribution >= 4 is 0 Å². The van der Waals surface area contributed by atoms with Crippen molar-refractivity contribution in [2.24, 2.45) is 0 Å². The Morgan fingerprint density at radius 1 is 1.29 bits per heavy atom. The summed E-state index contributed by atoms with van der Waals surface area (Å²) in [6, 6.07) is 9.21. The van der Waals surface area contributed by atoms with Crippen molar-refractivity contribution in [2.45, 2.75) is 52.1 Å². The van der Waals surface area contributed by atoms with Gasteiger partial charge in [0.2, 0.25) is 0 Å². The minimum Gasteiger partial charge on any atom is -0.497 e. The molecule has 2 heteroatoms. The number of ether oxygens (including phenoxy) is 1. The van der Waals surface area contributed by atoms with Crippen LogP contribution in [0, 0.1) is 0 Å². The number of rotatable bonds is 7. The summed E-state index contributed by atoms with van der Waals surface area (Å²) < 4.78 is 5.25. The summed E-state index contributed by atoms with van der Waals surface area (Å²) in [6.45, 7) is 6.70. The van der Waals surface area contributed by atoms with Crippen LogP contribution >= 0.6 is 0 Å². The SMILES string of the molecule is CCCCC(C)N[C@@H](C)c1cccc(OC)c1. The zero-order valence-electron chi connectivity index (χ0n) is 11.5. The fourth-order valence-electron chi connectivity index (χ4n) is 2.03. The summed E-state index contributed by atoms with van der Waals surface area (Å²) in [5.41, 5.74) is 1.28. The van der Waals surface area contributed by atoms with E-state index in [0.29, 0.717) is 12.1 Å². The molecule has 1 aromatic carbocycles. The lowest BCUT2D eigenvalue weighted by Gasteiger charge is -2.20. The maximum atomic E-state index is 5.25. The van der Waals surface area contributed by atoms with E-state index >= 15 is 0 Å². The lowest BCUT2D eigenvalue weighted by molar-refractivity contribution is 0.410. The van der Waals surface area contributed by atoms with E-state index in [1.165, 1.54) is 24.8 Å². The third kappa shape index (κ3) is 4.78. The molecule has 17 heavy (non-hydrogen) atoms. The van der Waals surface area contributed by atoms with Gasteiger partial charge in [-0.2, -0.15) is 0 Å². The van der Waals surface area contributed by atoms with Gasteiger partial charge in [-0.25, -0.2) is 0 Å². The minimum absolute atomic E-state index is 0.372. The summed E-state index contributed by atoms with van der Waals surface area (Å²) >= 11 is 0. The van der Waals surface area contributed by atoms with E-state index in [2.05, 4.69) is 38.2 Å². The summed E-state index contributed by atoms with van der Waals surface area (Å²) in [7, 11) is 1.71. The Hall–Kier alpha value is -1.02. The molecule has 0 saturated heterocycles. The van der Waals surface area contributed by atoms with Crippen LogP contribution < -0.4 is 10.1 Å². The monoisotopic (exact) mass is 235 g/mol. The Balaban J connectivity index is 2.53. The lowest BCUT2D eigenvalue weighted by Crippen LogP contribution is -2.28. The van der Waals surface area contributed by atoms with Crippen LogP contribution in [0.15, 0.2) is 24.3 Å². The number of benzene rings is 1. The average molecular weight is 235 g/mol. The summed E-state index contributed by atoms with van der Waals surface area (Å²) in [4.78, 5) is 0. The molecule has 0 bridgehead atoms. The van der Waals surface area contributed by atoms with Crippen LogP contribution in [0.3, 0.4) is 0 Å². The maximum Gasteiger partial charge on any atom is 0.119 e. The highest BCUT2D eigenvalue weighted by Crippen LogP contribution is 2.19. The molecule has 0 spiro atoms. The van der Waals surface area contributed by atoms with Crippen molar-refractivity contribution < 1.29 is 4.74 Å². The molecule has 1 aromatic rings. The molecular weight excluding hydrogens is 210 g/mol. The average Bonchev–Trinajstić information content (AvgIpc) is 2.36. The zero-order chi connectivity index (χ0) is 12.7. The summed E-state index contributed by atoms with van der Waals surface area (Å²) in [5, 5.41) is 3.63. The van der Waals surface area contributed by atoms with Crippen LogP contribution in [-0.2, 0) is 0 Å². The predicted octanol–water partition coefficient (Wildman–Crippen LogP) is 3.92. The van der Waals surface area contributed by atoms with Crippen LogP contribution in [0.5, 0.6) is 5.75 Å². The molecule has 0 aliphatic carbocycles. The number of unbranched alkanes of at least 4 members (excludes halogenated alkanes) is 1. The smallest absolute Gasteiger partial charge is 0.119 e. The van der Waals surface area contributed by atoms with Gasteiger partial charge in [0, 0.05) is 12.1 Å². The van der Waals surface area contributed by atoms with Gasteiger partial charge >= 0.3 is 0 Å². The standard InChI is InChI=1S/C15H25NO/c1-5-6-8-12(2)16-13(3)14-9-7-10-15(11-14)17-4/h7,9-13,16H,5-6,8H2,1-4H3/t12?,13-/m0/s1. The van der Waals surface area contributed by atoms with Crippen molar-refractivity contribution in [1.29, 1.82) is 0 Å². The topological polar surface area (TPSA) is 21.3 Å². The van der Waals surface area contributed by atoms with Crippen molar-refractivity contribution in [3.05, 3.63) is 29.8 Å². The second kappa shape index (κ2) is 7.33. The molecule has 0 amide bonds. The van der Waals surface area contributed by atoms with E-state index in [1.54, 1.807) is 7.11 Å². The van der Waals surface area contributed by atoms with E-state index < -0.39 is 0 Å². The van der Waals surface area contributed by atoms with E-state index in [-0.39, 0.29) is 0 Å². The van der Waals surface area contributed by atoms with Gasteiger partial charge in [0.1, 0.15) is 5.75 Å². The third-order valence-corrected chi connectivity index (χ3v) is 3.12. The third-order valence-electron chi connectivity index (χ3n) is 3.12. The molecule has 0 saturated carbocycles. The molecule has 2 nitrogen and oxygen atoms in total. The van der Waals surface area contributed by atoms with Gasteiger partial charge in [0.25, 0.3) is 0 Å². The number of nitrogens with one attached hydrogen (secondary N) is 1. The molecule has 0 aromatic heterocycles. The fraction of sp³-hybridized carbons (Fsp3) is 0.600. The van der Waals surface area contributed by atoms with E-state index in [1.807, 2.05) is 12.1 Å². The summed E-state index contributed by atoms with van der Waals surface area (Å²) in [6.07, 6.45) is 3.80. The van der Waals surface area contributed by atoms with Crippen LogP contribution in [-0.4, -0.2) is 13.2 Å². The highest BCUT2D eigenvalue weighted by atomic mass is 16.5. The van der Waals surface area contributed by atoms with Gasteiger partial charge in [-0.15, -0.1) is 0 Å². The Morgan fingerprint density at radius 3 is 2.71 bits per heavy atom. The molecule has 0 aliphatic heterocycles. The highest BCUT2D eigenvalue weighted by molar-refractivity contribution is 5.30. The Morgan fingerprint density at radius 2 is 2.06 bits per heavy atom. The van der Waals surface area contributed by atoms with Crippen LogP contribution in [0.1, 0.15) is 51.6 Å². The van der Waals surface area contributed by atoms with Crippen LogP contribution in [0.4, 0.5) is 0 Å². The molecule has 0 fully saturated rings. The zero-order valence-corrected chi connectivity index (χ0v) is 11.5. The number of hydrogen-bond acceptors (Lipinski definition) is 2. The Labute approximate surface area is 105 Å². The van der Waals surface area contributed by atoms with Gasteiger partial charge in [0.15, 0.2) is 0 Å². The van der Waals surface area contributed by atoms with Crippen molar-refractivity contribution in [1.82, 2.24) is 5.32 Å². The van der Waals surface area contributed by atoms with E-state index in [9.17, 15) is 0 Å². The first-order chi connectivity index (χ1) is 8.17. The fourth-order valence-corrected chi connectivity index (χ4v) is 2.03. The minimum atomic E-state index is 0.372. The van der Waals surface area contributed by atoms with E-state index in [0.717, 1.165) is 5.75 Å². The molecular formula is C15H25NO. The lowest BCUT2D eigenvalue weighted by atomic mass is 10.1. The highest BCUT2D eigenvalue weighted by Gasteiger charge is 2.09. The molecule has 2 atom stereocenters. The molecule has 1 unspecified atom stereocenters. The molecule has 0 radical (unpaired) electrons. The maximum absolute atomic E-state index is 5.25.